The molecule has 1 aliphatic rings. The van der Waals surface area contributed by atoms with Crippen LogP contribution in [0, 0.1) is 5.82 Å². The van der Waals surface area contributed by atoms with Crippen LogP contribution in [0.15, 0.2) is 18.2 Å². The summed E-state index contributed by atoms with van der Waals surface area (Å²) in [6.07, 6.45) is 0.895. The van der Waals surface area contributed by atoms with Gasteiger partial charge < -0.3 is 15.3 Å². The van der Waals surface area contributed by atoms with E-state index in [0.29, 0.717) is 37.2 Å². The van der Waals surface area contributed by atoms with E-state index >= 15 is 0 Å². The van der Waals surface area contributed by atoms with Gasteiger partial charge in [-0.2, -0.15) is 0 Å². The van der Waals surface area contributed by atoms with E-state index in [-0.39, 0.29) is 12.6 Å². The maximum absolute atomic E-state index is 14.4. The minimum atomic E-state index is -3.53. The number of nitrogens with zero attached hydrogens (tertiary/aromatic N) is 1. The van der Waals surface area contributed by atoms with E-state index in [1.54, 1.807) is 12.1 Å². The molecule has 0 unspecified atom stereocenters. The van der Waals surface area contributed by atoms with Gasteiger partial charge in [0, 0.05) is 19.6 Å². The molecule has 1 fully saturated rings. The molecular formula is C18H27FN2O4S. The fraction of sp³-hybridized carbons (Fsp3) is 0.611. The Kier molecular flexibility index (Phi) is 6.63. The van der Waals surface area contributed by atoms with Crippen LogP contribution in [0.5, 0.6) is 0 Å². The molecular weight excluding hydrogens is 359 g/mol. The summed E-state index contributed by atoms with van der Waals surface area (Å²) in [7, 11) is -3.53. The standard InChI is InChI=1S/C18H27FN2O4S/c1-12(2)26(24,25)13(3)18(23)20-11-14-4-5-17(16(19)10-14)21-8-6-15(22)7-9-21/h4-5,10,12-13,15,22H,6-9,11H2,1-3H3,(H,20,23)/t13-/m0/s1. The number of carbonyl (C=O) groups excluding carboxylic acids is 1. The minimum absolute atomic E-state index is 0.0622. The highest BCUT2D eigenvalue weighted by Gasteiger charge is 2.30. The molecule has 0 saturated carbocycles. The van der Waals surface area contributed by atoms with Gasteiger partial charge in [-0.05, 0) is 51.3 Å². The third kappa shape index (κ3) is 4.73. The van der Waals surface area contributed by atoms with Gasteiger partial charge >= 0.3 is 0 Å². The summed E-state index contributed by atoms with van der Waals surface area (Å²) in [5.41, 5.74) is 1.04. The van der Waals surface area contributed by atoms with E-state index in [2.05, 4.69) is 5.32 Å². The number of anilines is 1. The van der Waals surface area contributed by atoms with Crippen molar-refractivity contribution in [1.82, 2.24) is 5.32 Å². The van der Waals surface area contributed by atoms with Crippen molar-refractivity contribution >= 4 is 21.4 Å². The first-order chi connectivity index (χ1) is 12.1. The molecule has 146 valence electrons. The predicted octanol–water partition coefficient (Wildman–Crippen LogP) is 1.61. The SMILES string of the molecule is CC(C)S(=O)(=O)[C@@H](C)C(=O)NCc1ccc(N2CCC(O)CC2)c(F)c1. The van der Waals surface area contributed by atoms with Gasteiger partial charge in [0.2, 0.25) is 5.91 Å². The van der Waals surface area contributed by atoms with Crippen LogP contribution in [0.3, 0.4) is 0 Å². The van der Waals surface area contributed by atoms with Crippen molar-refractivity contribution in [2.75, 3.05) is 18.0 Å². The minimum Gasteiger partial charge on any atom is -0.393 e. The van der Waals surface area contributed by atoms with Gasteiger partial charge in [0.15, 0.2) is 9.84 Å². The van der Waals surface area contributed by atoms with E-state index in [1.165, 1.54) is 26.8 Å². The number of carbonyl (C=O) groups is 1. The fourth-order valence-corrected chi connectivity index (χ4v) is 4.11. The Morgan fingerprint density at radius 3 is 2.46 bits per heavy atom. The van der Waals surface area contributed by atoms with Crippen LogP contribution in [0.25, 0.3) is 0 Å². The number of sulfone groups is 1. The van der Waals surface area contributed by atoms with Gasteiger partial charge in [-0.25, -0.2) is 12.8 Å². The molecule has 1 amide bonds. The number of aliphatic hydroxyl groups excluding tert-OH is 1. The van der Waals surface area contributed by atoms with Crippen molar-refractivity contribution in [1.29, 1.82) is 0 Å². The molecule has 26 heavy (non-hydrogen) atoms. The summed E-state index contributed by atoms with van der Waals surface area (Å²) in [4.78, 5) is 14.0. The number of aliphatic hydroxyl groups is 1. The molecule has 6 nitrogen and oxygen atoms in total. The summed E-state index contributed by atoms with van der Waals surface area (Å²) >= 11 is 0. The largest absolute Gasteiger partial charge is 0.393 e. The third-order valence-corrected chi connectivity index (χ3v) is 7.32. The number of nitrogens with one attached hydrogen (secondary N) is 1. The highest BCUT2D eigenvalue weighted by molar-refractivity contribution is 7.93. The van der Waals surface area contributed by atoms with Crippen LogP contribution in [0.4, 0.5) is 10.1 Å². The van der Waals surface area contributed by atoms with Crippen LogP contribution in [0.1, 0.15) is 39.2 Å². The van der Waals surface area contributed by atoms with Gasteiger partial charge in [0.05, 0.1) is 17.0 Å². The molecule has 1 heterocycles. The molecule has 0 radical (unpaired) electrons. The average Bonchev–Trinajstić information content (AvgIpc) is 2.60. The van der Waals surface area contributed by atoms with E-state index < -0.39 is 32.1 Å². The molecule has 0 aromatic heterocycles. The van der Waals surface area contributed by atoms with E-state index in [0.717, 1.165) is 0 Å². The molecule has 1 aromatic rings. The smallest absolute Gasteiger partial charge is 0.238 e. The molecule has 1 aromatic carbocycles. The second-order valence-electron chi connectivity index (χ2n) is 7.00. The first-order valence-corrected chi connectivity index (χ1v) is 10.5. The number of amides is 1. The molecule has 1 aliphatic heterocycles. The topological polar surface area (TPSA) is 86.7 Å². The monoisotopic (exact) mass is 386 g/mol. The van der Waals surface area contributed by atoms with Crippen molar-refractivity contribution in [2.45, 2.75) is 56.8 Å². The molecule has 2 rings (SSSR count). The lowest BCUT2D eigenvalue weighted by Gasteiger charge is -2.31. The van der Waals surface area contributed by atoms with Crippen molar-refractivity contribution < 1.29 is 22.7 Å². The van der Waals surface area contributed by atoms with Crippen molar-refractivity contribution in [3.8, 4) is 0 Å². The van der Waals surface area contributed by atoms with E-state index in [1.807, 2.05) is 4.90 Å². The van der Waals surface area contributed by atoms with Gasteiger partial charge in [-0.1, -0.05) is 6.07 Å². The van der Waals surface area contributed by atoms with Crippen LogP contribution in [-0.2, 0) is 21.2 Å². The molecule has 1 atom stereocenters. The summed E-state index contributed by atoms with van der Waals surface area (Å²) in [6.45, 7) is 5.68. The maximum atomic E-state index is 14.4. The fourth-order valence-electron chi connectivity index (χ4n) is 2.91. The quantitative estimate of drug-likeness (QED) is 0.776. The zero-order chi connectivity index (χ0) is 19.5. The van der Waals surface area contributed by atoms with Crippen LogP contribution < -0.4 is 10.2 Å². The highest BCUT2D eigenvalue weighted by atomic mass is 32.2. The van der Waals surface area contributed by atoms with Crippen LogP contribution >= 0.6 is 0 Å². The Labute approximate surface area is 154 Å². The lowest BCUT2D eigenvalue weighted by atomic mass is 10.1. The lowest BCUT2D eigenvalue weighted by molar-refractivity contribution is -0.120. The molecule has 0 spiro atoms. The highest BCUT2D eigenvalue weighted by Crippen LogP contribution is 2.24. The van der Waals surface area contributed by atoms with Crippen LogP contribution in [0.2, 0.25) is 0 Å². The summed E-state index contributed by atoms with van der Waals surface area (Å²) in [5, 5.41) is 10.3. The Hall–Kier alpha value is -1.67. The molecule has 2 N–H and O–H groups in total. The summed E-state index contributed by atoms with van der Waals surface area (Å²) < 4.78 is 38.5. The first-order valence-electron chi connectivity index (χ1n) is 8.84. The molecule has 0 bridgehead atoms. The number of benzene rings is 1. The number of rotatable bonds is 6. The van der Waals surface area contributed by atoms with Gasteiger partial charge in [-0.3, -0.25) is 4.79 Å². The van der Waals surface area contributed by atoms with Crippen molar-refractivity contribution in [3.63, 3.8) is 0 Å². The zero-order valence-electron chi connectivity index (χ0n) is 15.4. The number of halogens is 1. The Morgan fingerprint density at radius 1 is 1.31 bits per heavy atom. The van der Waals surface area contributed by atoms with Gasteiger partial charge in [0.25, 0.3) is 0 Å². The maximum Gasteiger partial charge on any atom is 0.238 e. The molecule has 0 aliphatic carbocycles. The Morgan fingerprint density at radius 2 is 1.92 bits per heavy atom. The second kappa shape index (κ2) is 8.35. The number of piperidine rings is 1. The Bertz CT molecular complexity index is 744. The first kappa shape index (κ1) is 20.6. The van der Waals surface area contributed by atoms with Gasteiger partial charge in [-0.15, -0.1) is 0 Å². The second-order valence-corrected chi connectivity index (χ2v) is 9.83. The van der Waals surface area contributed by atoms with Gasteiger partial charge in [0.1, 0.15) is 11.1 Å². The molecule has 1 saturated heterocycles. The number of hydrogen-bond acceptors (Lipinski definition) is 5. The average molecular weight is 386 g/mol. The summed E-state index contributed by atoms with van der Waals surface area (Å²) in [5.74, 6) is -0.982. The van der Waals surface area contributed by atoms with Crippen molar-refractivity contribution in [2.24, 2.45) is 0 Å². The van der Waals surface area contributed by atoms with Crippen molar-refractivity contribution in [3.05, 3.63) is 29.6 Å². The van der Waals surface area contributed by atoms with E-state index in [4.69, 9.17) is 0 Å². The Balaban J connectivity index is 1.98. The lowest BCUT2D eigenvalue weighted by Crippen LogP contribution is -2.40. The normalized spacial score (nSPS) is 17.4. The molecule has 8 heteroatoms. The van der Waals surface area contributed by atoms with Crippen LogP contribution in [-0.4, -0.2) is 49.1 Å². The summed E-state index contributed by atoms with van der Waals surface area (Å²) in [6, 6.07) is 4.72. The predicted molar refractivity (Wildman–Crippen MR) is 99.2 cm³/mol. The zero-order valence-corrected chi connectivity index (χ0v) is 16.2. The van der Waals surface area contributed by atoms with E-state index in [9.17, 15) is 22.7 Å². The third-order valence-electron chi connectivity index (χ3n) is 4.80. The number of hydrogen-bond donors (Lipinski definition) is 2.